The van der Waals surface area contributed by atoms with Gasteiger partial charge in [-0.15, -0.1) is 0 Å². The van der Waals surface area contributed by atoms with Gasteiger partial charge in [-0.2, -0.15) is 0 Å². The van der Waals surface area contributed by atoms with Gasteiger partial charge in [0, 0.05) is 9.50 Å². The van der Waals surface area contributed by atoms with E-state index in [2.05, 4.69) is 58.5 Å². The summed E-state index contributed by atoms with van der Waals surface area (Å²) in [5, 5.41) is 4.27. The number of hydrogen-bond acceptors (Lipinski definition) is 1. The highest BCUT2D eigenvalue weighted by atomic mass is 79.9. The zero-order chi connectivity index (χ0) is 13.0. The summed E-state index contributed by atoms with van der Waals surface area (Å²) < 4.78 is 1.08. The van der Waals surface area contributed by atoms with Crippen LogP contribution in [0.1, 0.15) is 24.1 Å². The maximum atomic E-state index is 6.29. The molecular formula is C15H15BrClN. The normalized spacial score (nSPS) is 12.4. The molecule has 2 aromatic carbocycles. The predicted molar refractivity (Wildman–Crippen MR) is 81.1 cm³/mol. The van der Waals surface area contributed by atoms with Gasteiger partial charge in [-0.05, 0) is 35.9 Å². The molecule has 0 spiro atoms. The van der Waals surface area contributed by atoms with Gasteiger partial charge in [0.1, 0.15) is 0 Å². The minimum Gasteiger partial charge on any atom is -0.306 e. The van der Waals surface area contributed by atoms with E-state index in [-0.39, 0.29) is 6.04 Å². The molecule has 1 nitrogen and oxygen atoms in total. The van der Waals surface area contributed by atoms with E-state index >= 15 is 0 Å². The Bertz CT molecular complexity index is 510. The second-order valence-electron chi connectivity index (χ2n) is 4.06. The average Bonchev–Trinajstić information content (AvgIpc) is 2.38. The van der Waals surface area contributed by atoms with Crippen LogP contribution in [0, 0.1) is 0 Å². The Morgan fingerprint density at radius 3 is 2.39 bits per heavy atom. The van der Waals surface area contributed by atoms with Crippen LogP contribution in [0.4, 0.5) is 0 Å². The van der Waals surface area contributed by atoms with E-state index in [1.54, 1.807) is 0 Å². The highest BCUT2D eigenvalue weighted by Gasteiger charge is 2.15. The van der Waals surface area contributed by atoms with Crippen molar-refractivity contribution in [1.82, 2.24) is 5.32 Å². The predicted octanol–water partition coefficient (Wildman–Crippen LogP) is 4.80. The first kappa shape index (κ1) is 13.6. The molecule has 0 aromatic heterocycles. The van der Waals surface area contributed by atoms with Crippen LogP contribution in [0.15, 0.2) is 53.0 Å². The summed E-state index contributed by atoms with van der Waals surface area (Å²) >= 11 is 9.74. The summed E-state index contributed by atoms with van der Waals surface area (Å²) in [5.41, 5.74) is 2.33. The van der Waals surface area contributed by atoms with Crippen molar-refractivity contribution in [2.45, 2.75) is 13.0 Å². The van der Waals surface area contributed by atoms with Crippen molar-refractivity contribution in [2.24, 2.45) is 0 Å². The largest absolute Gasteiger partial charge is 0.306 e. The fourth-order valence-corrected chi connectivity index (χ4v) is 2.49. The quantitative estimate of drug-likeness (QED) is 0.851. The molecule has 1 N–H and O–H groups in total. The lowest BCUT2D eigenvalue weighted by atomic mass is 9.99. The second-order valence-corrected chi connectivity index (χ2v) is 5.39. The van der Waals surface area contributed by atoms with Gasteiger partial charge >= 0.3 is 0 Å². The topological polar surface area (TPSA) is 12.0 Å². The van der Waals surface area contributed by atoms with Crippen molar-refractivity contribution in [2.75, 3.05) is 6.54 Å². The van der Waals surface area contributed by atoms with E-state index in [0.717, 1.165) is 21.6 Å². The van der Waals surface area contributed by atoms with Crippen molar-refractivity contribution in [3.8, 4) is 0 Å². The molecule has 1 unspecified atom stereocenters. The smallest absolute Gasteiger partial charge is 0.0591 e. The van der Waals surface area contributed by atoms with Crippen LogP contribution in [0.5, 0.6) is 0 Å². The third-order valence-corrected chi connectivity index (χ3v) is 3.70. The highest BCUT2D eigenvalue weighted by Crippen LogP contribution is 2.28. The second kappa shape index (κ2) is 6.37. The van der Waals surface area contributed by atoms with Crippen molar-refractivity contribution in [3.05, 3.63) is 69.2 Å². The Kier molecular flexibility index (Phi) is 4.81. The minimum absolute atomic E-state index is 0.136. The molecule has 0 fully saturated rings. The molecule has 1 atom stereocenters. The Balaban J connectivity index is 2.40. The van der Waals surface area contributed by atoms with Gasteiger partial charge in [0.2, 0.25) is 0 Å². The van der Waals surface area contributed by atoms with Crippen molar-refractivity contribution in [3.63, 3.8) is 0 Å². The molecule has 0 aliphatic carbocycles. The minimum atomic E-state index is 0.136. The zero-order valence-corrected chi connectivity index (χ0v) is 12.5. The summed E-state index contributed by atoms with van der Waals surface area (Å²) in [4.78, 5) is 0. The number of halogens is 2. The number of rotatable bonds is 4. The maximum absolute atomic E-state index is 6.29. The molecule has 94 valence electrons. The molecule has 0 bridgehead atoms. The van der Waals surface area contributed by atoms with Gasteiger partial charge in [0.05, 0.1) is 6.04 Å². The molecule has 2 aromatic rings. The van der Waals surface area contributed by atoms with Gasteiger partial charge in [0.25, 0.3) is 0 Å². The lowest BCUT2D eigenvalue weighted by molar-refractivity contribution is 0.631. The molecule has 0 radical (unpaired) electrons. The lowest BCUT2D eigenvalue weighted by Crippen LogP contribution is -2.22. The van der Waals surface area contributed by atoms with Crippen LogP contribution in [0.2, 0.25) is 5.02 Å². The summed E-state index contributed by atoms with van der Waals surface area (Å²) in [6.07, 6.45) is 0. The summed E-state index contributed by atoms with van der Waals surface area (Å²) in [6.45, 7) is 2.99. The molecule has 3 heteroatoms. The number of hydrogen-bond donors (Lipinski definition) is 1. The first-order chi connectivity index (χ1) is 8.72. The molecule has 0 saturated carbocycles. The standard InChI is InChI=1S/C15H15BrClN/c1-2-18-15(11-7-9-12(16)10-8-11)13-5-3-4-6-14(13)17/h3-10,15,18H,2H2,1H3. The SMILES string of the molecule is CCNC(c1ccc(Br)cc1)c1ccccc1Cl. The van der Waals surface area contributed by atoms with Crippen LogP contribution >= 0.6 is 27.5 Å². The molecule has 0 aliphatic rings. The molecule has 0 heterocycles. The van der Waals surface area contributed by atoms with E-state index in [1.807, 2.05) is 18.2 Å². The molecular weight excluding hydrogens is 310 g/mol. The molecule has 2 rings (SSSR count). The third-order valence-electron chi connectivity index (χ3n) is 2.83. The van der Waals surface area contributed by atoms with Gasteiger partial charge in [-0.25, -0.2) is 0 Å². The van der Waals surface area contributed by atoms with Crippen LogP contribution in [0.3, 0.4) is 0 Å². The highest BCUT2D eigenvalue weighted by molar-refractivity contribution is 9.10. The van der Waals surface area contributed by atoms with E-state index < -0.39 is 0 Å². The van der Waals surface area contributed by atoms with Gasteiger partial charge < -0.3 is 5.32 Å². The number of benzene rings is 2. The lowest BCUT2D eigenvalue weighted by Gasteiger charge is -2.20. The van der Waals surface area contributed by atoms with Crippen LogP contribution in [0.25, 0.3) is 0 Å². The summed E-state index contributed by atoms with van der Waals surface area (Å²) in [5.74, 6) is 0. The Labute approximate surface area is 121 Å². The van der Waals surface area contributed by atoms with Crippen molar-refractivity contribution >= 4 is 27.5 Å². The molecule has 0 saturated heterocycles. The third kappa shape index (κ3) is 3.14. The molecule has 0 aliphatic heterocycles. The fourth-order valence-electron chi connectivity index (χ4n) is 1.98. The Morgan fingerprint density at radius 1 is 1.11 bits per heavy atom. The molecule has 18 heavy (non-hydrogen) atoms. The Morgan fingerprint density at radius 2 is 1.78 bits per heavy atom. The first-order valence-electron chi connectivity index (χ1n) is 5.95. The van der Waals surface area contributed by atoms with E-state index in [9.17, 15) is 0 Å². The van der Waals surface area contributed by atoms with Crippen LogP contribution in [-0.4, -0.2) is 6.54 Å². The molecule has 0 amide bonds. The zero-order valence-electron chi connectivity index (χ0n) is 10.2. The number of nitrogens with one attached hydrogen (secondary N) is 1. The summed E-state index contributed by atoms with van der Waals surface area (Å²) in [7, 11) is 0. The maximum Gasteiger partial charge on any atom is 0.0591 e. The van der Waals surface area contributed by atoms with Crippen LogP contribution < -0.4 is 5.32 Å². The monoisotopic (exact) mass is 323 g/mol. The Hall–Kier alpha value is -0.830. The van der Waals surface area contributed by atoms with Crippen LogP contribution in [-0.2, 0) is 0 Å². The van der Waals surface area contributed by atoms with E-state index in [1.165, 1.54) is 5.56 Å². The summed E-state index contributed by atoms with van der Waals surface area (Å²) in [6, 6.07) is 16.4. The van der Waals surface area contributed by atoms with E-state index in [4.69, 9.17) is 11.6 Å². The van der Waals surface area contributed by atoms with Crippen molar-refractivity contribution in [1.29, 1.82) is 0 Å². The average molecular weight is 325 g/mol. The van der Waals surface area contributed by atoms with E-state index in [0.29, 0.717) is 0 Å². The van der Waals surface area contributed by atoms with Gasteiger partial charge in [0.15, 0.2) is 0 Å². The first-order valence-corrected chi connectivity index (χ1v) is 7.12. The van der Waals surface area contributed by atoms with Gasteiger partial charge in [-0.3, -0.25) is 0 Å². The van der Waals surface area contributed by atoms with Crippen molar-refractivity contribution < 1.29 is 0 Å². The van der Waals surface area contributed by atoms with Gasteiger partial charge in [-0.1, -0.05) is 64.8 Å². The fraction of sp³-hybridized carbons (Fsp3) is 0.200.